The van der Waals surface area contributed by atoms with Crippen LogP contribution in [-0.2, 0) is 4.79 Å². The zero-order valence-electron chi connectivity index (χ0n) is 6.06. The molecule has 4 nitrogen and oxygen atoms in total. The summed E-state index contributed by atoms with van der Waals surface area (Å²) in [5.74, 6) is -2.13. The lowest BCUT2D eigenvalue weighted by atomic mass is 10.1. The molecule has 0 heterocycles. The molecule has 0 radical (unpaired) electrons. The van der Waals surface area contributed by atoms with E-state index in [9.17, 15) is 14.5 Å². The molecule has 0 aliphatic heterocycles. The van der Waals surface area contributed by atoms with Gasteiger partial charge < -0.3 is 0 Å². The summed E-state index contributed by atoms with van der Waals surface area (Å²) in [6, 6.07) is 7.81. The van der Waals surface area contributed by atoms with Crippen molar-refractivity contribution in [3.05, 3.63) is 40.8 Å². The first-order valence-corrected chi connectivity index (χ1v) is 3.23. The Bertz CT molecular complexity index is 318. The van der Waals surface area contributed by atoms with Gasteiger partial charge in [-0.05, 0) is 0 Å². The number of carbonyl (C=O) groups excluding carboxylic acids is 2. The fourth-order valence-electron chi connectivity index (χ4n) is 0.754. The Hall–Kier alpha value is -1.84. The molecule has 0 N–H and O–H groups in total. The minimum Gasteiger partial charge on any atom is -0.283 e. The number of hydrogen-bond donors (Lipinski definition) is 0. The van der Waals surface area contributed by atoms with Gasteiger partial charge in [0, 0.05) is 10.7 Å². The van der Waals surface area contributed by atoms with Crippen molar-refractivity contribution < 1.29 is 9.59 Å². The van der Waals surface area contributed by atoms with Crippen LogP contribution in [0.1, 0.15) is 10.4 Å². The van der Waals surface area contributed by atoms with Crippen molar-refractivity contribution in [1.29, 1.82) is 0 Å². The first-order chi connectivity index (χ1) is 5.75. The zero-order chi connectivity index (χ0) is 8.97. The van der Waals surface area contributed by atoms with Crippen molar-refractivity contribution in [2.75, 3.05) is 0 Å². The van der Waals surface area contributed by atoms with Crippen LogP contribution in [0.15, 0.2) is 35.5 Å². The third kappa shape index (κ3) is 1.60. The van der Waals surface area contributed by atoms with Crippen molar-refractivity contribution in [2.24, 2.45) is 5.18 Å². The Labute approximate surface area is 68.2 Å². The van der Waals surface area contributed by atoms with Crippen LogP contribution in [0.5, 0.6) is 0 Å². The van der Waals surface area contributed by atoms with Gasteiger partial charge in [-0.1, -0.05) is 30.3 Å². The molecule has 0 aliphatic rings. The number of carbonyl (C=O) groups is 2. The molecule has 0 spiro atoms. The fraction of sp³-hybridized carbons (Fsp3) is 0. The van der Waals surface area contributed by atoms with E-state index in [1.54, 1.807) is 18.2 Å². The molecule has 0 aromatic heterocycles. The molecule has 0 saturated heterocycles. The summed E-state index contributed by atoms with van der Waals surface area (Å²) in [4.78, 5) is 31.1. The SMILES string of the molecule is O=NC(=O)C(=O)c1ccccc1. The topological polar surface area (TPSA) is 63.6 Å². The van der Waals surface area contributed by atoms with E-state index in [0.717, 1.165) is 0 Å². The van der Waals surface area contributed by atoms with Crippen LogP contribution in [-0.4, -0.2) is 11.7 Å². The lowest BCUT2D eigenvalue weighted by molar-refractivity contribution is -0.114. The number of rotatable bonds is 2. The summed E-state index contributed by atoms with van der Waals surface area (Å²) in [5, 5.41) is 2.03. The molecular formula is C8H5NO3. The number of Topliss-reactive ketones (excluding diaryl/α,β-unsaturated/α-hetero) is 1. The number of nitroso groups, excluding NO2 is 1. The molecular weight excluding hydrogens is 158 g/mol. The highest BCUT2D eigenvalue weighted by Crippen LogP contribution is 2.00. The molecule has 60 valence electrons. The van der Waals surface area contributed by atoms with E-state index in [-0.39, 0.29) is 5.56 Å². The third-order valence-corrected chi connectivity index (χ3v) is 1.31. The van der Waals surface area contributed by atoms with Gasteiger partial charge in [-0.3, -0.25) is 9.59 Å². The van der Waals surface area contributed by atoms with Crippen LogP contribution in [0.25, 0.3) is 0 Å². The number of hydrogen-bond acceptors (Lipinski definition) is 3. The standard InChI is InChI=1S/C8H5NO3/c10-7(8(11)9-12)6-4-2-1-3-5-6/h1-5H. The molecule has 0 fully saturated rings. The van der Waals surface area contributed by atoms with Gasteiger partial charge in [0.1, 0.15) is 0 Å². The summed E-state index contributed by atoms with van der Waals surface area (Å²) < 4.78 is 0. The van der Waals surface area contributed by atoms with E-state index in [0.29, 0.717) is 0 Å². The molecule has 0 saturated carbocycles. The molecule has 0 bridgehead atoms. The summed E-state index contributed by atoms with van der Waals surface area (Å²) >= 11 is 0. The van der Waals surface area contributed by atoms with Gasteiger partial charge in [0.25, 0.3) is 5.78 Å². The molecule has 0 atom stereocenters. The molecule has 1 rings (SSSR count). The summed E-state index contributed by atoms with van der Waals surface area (Å²) in [5.41, 5.74) is 0.183. The van der Waals surface area contributed by atoms with Gasteiger partial charge >= 0.3 is 5.91 Å². The predicted molar refractivity (Wildman–Crippen MR) is 41.6 cm³/mol. The quantitative estimate of drug-likeness (QED) is 0.373. The Morgan fingerprint density at radius 1 is 1.08 bits per heavy atom. The maximum absolute atomic E-state index is 10.9. The number of amides is 1. The van der Waals surface area contributed by atoms with Crippen molar-refractivity contribution >= 4 is 11.7 Å². The lowest BCUT2D eigenvalue weighted by Crippen LogP contribution is -2.10. The summed E-state index contributed by atoms with van der Waals surface area (Å²) in [6.45, 7) is 0. The van der Waals surface area contributed by atoms with Gasteiger partial charge in [0.15, 0.2) is 0 Å². The van der Waals surface area contributed by atoms with E-state index >= 15 is 0 Å². The third-order valence-electron chi connectivity index (χ3n) is 1.31. The molecule has 0 aliphatic carbocycles. The van der Waals surface area contributed by atoms with Crippen LogP contribution >= 0.6 is 0 Å². The van der Waals surface area contributed by atoms with Gasteiger partial charge in [-0.2, -0.15) is 0 Å². The maximum Gasteiger partial charge on any atom is 0.357 e. The zero-order valence-corrected chi connectivity index (χ0v) is 6.06. The molecule has 1 aromatic rings. The summed E-state index contributed by atoms with van der Waals surface area (Å²) in [6.07, 6.45) is 0. The van der Waals surface area contributed by atoms with Crippen LogP contribution < -0.4 is 0 Å². The Morgan fingerprint density at radius 2 is 1.67 bits per heavy atom. The lowest BCUT2D eigenvalue weighted by Gasteiger charge is -1.91. The van der Waals surface area contributed by atoms with E-state index < -0.39 is 11.7 Å². The fourth-order valence-corrected chi connectivity index (χ4v) is 0.754. The van der Waals surface area contributed by atoms with Gasteiger partial charge in [0.2, 0.25) is 0 Å². The molecule has 4 heteroatoms. The second-order valence-electron chi connectivity index (χ2n) is 2.09. The Balaban J connectivity index is 2.93. The predicted octanol–water partition coefficient (Wildman–Crippen LogP) is 1.16. The smallest absolute Gasteiger partial charge is 0.283 e. The monoisotopic (exact) mass is 163 g/mol. The van der Waals surface area contributed by atoms with Crippen molar-refractivity contribution in [1.82, 2.24) is 0 Å². The van der Waals surface area contributed by atoms with Crippen LogP contribution in [0, 0.1) is 4.91 Å². The average molecular weight is 163 g/mol. The van der Waals surface area contributed by atoms with Crippen LogP contribution in [0.2, 0.25) is 0 Å². The van der Waals surface area contributed by atoms with Gasteiger partial charge in [0.05, 0.1) is 0 Å². The van der Waals surface area contributed by atoms with Crippen LogP contribution in [0.3, 0.4) is 0 Å². The maximum atomic E-state index is 10.9. The van der Waals surface area contributed by atoms with Crippen molar-refractivity contribution in [3.63, 3.8) is 0 Å². The Kier molecular flexibility index (Phi) is 2.42. The molecule has 1 amide bonds. The highest BCUT2D eigenvalue weighted by molar-refractivity contribution is 6.43. The first-order valence-electron chi connectivity index (χ1n) is 3.23. The highest BCUT2D eigenvalue weighted by atomic mass is 16.3. The molecule has 12 heavy (non-hydrogen) atoms. The first kappa shape index (κ1) is 8.26. The van der Waals surface area contributed by atoms with Crippen molar-refractivity contribution in [2.45, 2.75) is 0 Å². The van der Waals surface area contributed by atoms with Crippen LogP contribution in [0.4, 0.5) is 0 Å². The normalized spacial score (nSPS) is 9.00. The minimum absolute atomic E-state index is 0.183. The van der Waals surface area contributed by atoms with E-state index in [4.69, 9.17) is 0 Å². The van der Waals surface area contributed by atoms with Gasteiger partial charge in [-0.25, -0.2) is 0 Å². The summed E-state index contributed by atoms with van der Waals surface area (Å²) in [7, 11) is 0. The average Bonchev–Trinajstić information content (AvgIpc) is 2.17. The van der Waals surface area contributed by atoms with E-state index in [2.05, 4.69) is 0 Å². The Morgan fingerprint density at radius 3 is 2.17 bits per heavy atom. The molecule has 0 unspecified atom stereocenters. The van der Waals surface area contributed by atoms with E-state index in [1.165, 1.54) is 12.1 Å². The largest absolute Gasteiger partial charge is 0.357 e. The second-order valence-corrected chi connectivity index (χ2v) is 2.09. The number of nitrogens with zero attached hydrogens (tertiary/aromatic N) is 1. The molecule has 1 aromatic carbocycles. The second kappa shape index (κ2) is 3.52. The number of benzene rings is 1. The van der Waals surface area contributed by atoms with E-state index in [1.807, 2.05) is 5.18 Å². The van der Waals surface area contributed by atoms with Gasteiger partial charge in [-0.15, -0.1) is 4.91 Å². The van der Waals surface area contributed by atoms with Crippen molar-refractivity contribution in [3.8, 4) is 0 Å². The minimum atomic E-state index is -1.26. The number of ketones is 1. The highest BCUT2D eigenvalue weighted by Gasteiger charge is 2.15.